The maximum Gasteiger partial charge on any atom is 0.293 e. The van der Waals surface area contributed by atoms with E-state index < -0.39 is 16.7 Å². The van der Waals surface area contributed by atoms with Gasteiger partial charge in [-0.3, -0.25) is 29.4 Å². The topological polar surface area (TPSA) is 122 Å². The Morgan fingerprint density at radius 3 is 2.52 bits per heavy atom. The Bertz CT molecular complexity index is 1780. The van der Waals surface area contributed by atoms with Crippen LogP contribution in [0.4, 0.5) is 21.9 Å². The van der Waals surface area contributed by atoms with Crippen LogP contribution in [-0.4, -0.2) is 46.6 Å². The Hall–Kier alpha value is -5.16. The molecule has 0 unspecified atom stereocenters. The Balaban J connectivity index is 1.38. The number of carbonyl (C=O) groups excluding carboxylic acids is 3. The lowest BCUT2D eigenvalue weighted by Crippen LogP contribution is -2.27. The molecule has 11 heteroatoms. The van der Waals surface area contributed by atoms with Crippen molar-refractivity contribution < 1.29 is 24.0 Å². The number of fused-ring (bicyclic) bond motifs is 1. The summed E-state index contributed by atoms with van der Waals surface area (Å²) >= 11 is 0.858. The Labute approximate surface area is 258 Å². The fourth-order valence-electron chi connectivity index (χ4n) is 4.97. The molecule has 224 valence electrons. The number of carbonyl (C=O) groups is 3. The van der Waals surface area contributed by atoms with Crippen molar-refractivity contribution in [2.75, 3.05) is 29.9 Å². The smallest absolute Gasteiger partial charge is 0.293 e. The number of imide groups is 1. The van der Waals surface area contributed by atoms with Crippen LogP contribution in [0.25, 0.3) is 16.8 Å². The first-order valence-electron chi connectivity index (χ1n) is 14.1. The molecule has 5 rings (SSSR count). The van der Waals surface area contributed by atoms with Crippen molar-refractivity contribution in [2.24, 2.45) is 0 Å². The molecule has 44 heavy (non-hydrogen) atoms. The first-order chi connectivity index (χ1) is 21.3. The monoisotopic (exact) mass is 610 g/mol. The Morgan fingerprint density at radius 2 is 1.75 bits per heavy atom. The quantitative estimate of drug-likeness (QED) is 0.111. The molecule has 0 radical (unpaired) electrons. The highest BCUT2D eigenvalue weighted by atomic mass is 32.2. The van der Waals surface area contributed by atoms with Crippen LogP contribution in [0, 0.1) is 10.1 Å². The van der Waals surface area contributed by atoms with Gasteiger partial charge in [0.05, 0.1) is 16.4 Å². The average Bonchev–Trinajstić information content (AvgIpc) is 3.29. The van der Waals surface area contributed by atoms with Crippen molar-refractivity contribution in [1.29, 1.82) is 0 Å². The average molecular weight is 611 g/mol. The third-order valence-electron chi connectivity index (χ3n) is 7.19. The second-order valence-electron chi connectivity index (χ2n) is 9.94. The van der Waals surface area contributed by atoms with Gasteiger partial charge in [0.1, 0.15) is 5.75 Å². The maximum atomic E-state index is 13.4. The number of nitro benzene ring substituents is 1. The van der Waals surface area contributed by atoms with Gasteiger partial charge in [0, 0.05) is 48.2 Å². The number of benzene rings is 4. The third-order valence-corrected chi connectivity index (χ3v) is 8.10. The van der Waals surface area contributed by atoms with E-state index in [0.717, 1.165) is 46.9 Å². The van der Waals surface area contributed by atoms with E-state index in [0.29, 0.717) is 11.3 Å². The van der Waals surface area contributed by atoms with Crippen molar-refractivity contribution in [1.82, 2.24) is 4.90 Å². The number of nitro groups is 1. The summed E-state index contributed by atoms with van der Waals surface area (Å²) in [5, 5.41) is 15.3. The number of thioether (sulfide) groups is 1. The molecular weight excluding hydrogens is 580 g/mol. The molecule has 1 fully saturated rings. The van der Waals surface area contributed by atoms with Gasteiger partial charge in [0.15, 0.2) is 6.61 Å². The minimum absolute atomic E-state index is 0.144. The number of nitrogens with one attached hydrogen (secondary N) is 1. The summed E-state index contributed by atoms with van der Waals surface area (Å²) < 4.78 is 5.94. The van der Waals surface area contributed by atoms with Crippen molar-refractivity contribution in [3.63, 3.8) is 0 Å². The molecule has 4 aromatic carbocycles. The predicted molar refractivity (Wildman–Crippen MR) is 173 cm³/mol. The second kappa shape index (κ2) is 13.4. The lowest BCUT2D eigenvalue weighted by atomic mass is 10.0. The Kier molecular flexibility index (Phi) is 9.25. The first kappa shape index (κ1) is 30.3. The Morgan fingerprint density at radius 1 is 1.00 bits per heavy atom. The van der Waals surface area contributed by atoms with Gasteiger partial charge < -0.3 is 15.0 Å². The predicted octanol–water partition coefficient (Wildman–Crippen LogP) is 6.85. The fourth-order valence-corrected chi connectivity index (χ4v) is 5.80. The number of rotatable bonds is 11. The van der Waals surface area contributed by atoms with E-state index in [1.165, 1.54) is 23.1 Å². The zero-order valence-electron chi connectivity index (χ0n) is 24.2. The summed E-state index contributed by atoms with van der Waals surface area (Å²) in [6.45, 7) is 5.30. The molecule has 1 saturated heterocycles. The number of hydrogen-bond donors (Lipinski definition) is 1. The highest BCUT2D eigenvalue weighted by Gasteiger charge is 2.35. The van der Waals surface area contributed by atoms with Crippen LogP contribution >= 0.6 is 11.8 Å². The van der Waals surface area contributed by atoms with E-state index in [-0.39, 0.29) is 34.7 Å². The zero-order chi connectivity index (χ0) is 31.2. The van der Waals surface area contributed by atoms with Crippen LogP contribution in [0.15, 0.2) is 89.8 Å². The summed E-state index contributed by atoms with van der Waals surface area (Å²) in [7, 11) is 0. The van der Waals surface area contributed by atoms with Gasteiger partial charge in [-0.2, -0.15) is 0 Å². The molecule has 1 N–H and O–H groups in total. The molecule has 4 aromatic rings. The van der Waals surface area contributed by atoms with Crippen LogP contribution in [0.5, 0.6) is 5.75 Å². The van der Waals surface area contributed by atoms with Gasteiger partial charge in [-0.25, -0.2) is 0 Å². The van der Waals surface area contributed by atoms with Crippen LogP contribution in [0.1, 0.15) is 25.0 Å². The molecule has 1 heterocycles. The first-order valence-corrected chi connectivity index (χ1v) is 14.9. The summed E-state index contributed by atoms with van der Waals surface area (Å²) in [5.74, 6) is -0.570. The van der Waals surface area contributed by atoms with E-state index >= 15 is 0 Å². The molecule has 1 aliphatic heterocycles. The van der Waals surface area contributed by atoms with Crippen LogP contribution in [0.2, 0.25) is 0 Å². The van der Waals surface area contributed by atoms with Gasteiger partial charge in [-0.1, -0.05) is 48.5 Å². The maximum absolute atomic E-state index is 13.4. The second-order valence-corrected chi connectivity index (χ2v) is 10.9. The van der Waals surface area contributed by atoms with Gasteiger partial charge >= 0.3 is 0 Å². The number of non-ortho nitro benzene ring substituents is 1. The van der Waals surface area contributed by atoms with E-state index in [1.54, 1.807) is 24.3 Å². The van der Waals surface area contributed by atoms with E-state index in [4.69, 9.17) is 4.74 Å². The molecule has 10 nitrogen and oxygen atoms in total. The zero-order valence-corrected chi connectivity index (χ0v) is 25.0. The lowest BCUT2D eigenvalue weighted by Gasteiger charge is -2.22. The molecule has 0 aliphatic carbocycles. The standard InChI is InChI=1S/C33H30N4O6S/c1-3-35(4-2)26-16-15-23(29(19-26)43-21-31(38)34-25-12-8-13-27(18-25)37(41)42)17-30-32(39)36(33(40)44-30)20-24-11-7-10-22-9-5-6-14-28(22)24/h5-19H,3-4,20-21H2,1-2H3,(H,34,38)/b30-17-. The van der Waals surface area contributed by atoms with Gasteiger partial charge in [-0.05, 0) is 66.2 Å². The molecule has 0 saturated carbocycles. The number of hydrogen-bond acceptors (Lipinski definition) is 8. The molecule has 3 amide bonds. The number of nitrogens with zero attached hydrogens (tertiary/aromatic N) is 3. The van der Waals surface area contributed by atoms with Crippen LogP contribution in [-0.2, 0) is 16.1 Å². The lowest BCUT2D eigenvalue weighted by molar-refractivity contribution is -0.384. The van der Waals surface area contributed by atoms with E-state index in [1.807, 2.05) is 62.4 Å². The van der Waals surface area contributed by atoms with Crippen LogP contribution < -0.4 is 15.0 Å². The fraction of sp³-hybridized carbons (Fsp3) is 0.182. The third kappa shape index (κ3) is 6.73. The van der Waals surface area contributed by atoms with E-state index in [9.17, 15) is 24.5 Å². The van der Waals surface area contributed by atoms with E-state index in [2.05, 4.69) is 10.2 Å². The van der Waals surface area contributed by atoms with Gasteiger partial charge in [0.25, 0.3) is 22.7 Å². The largest absolute Gasteiger partial charge is 0.483 e. The van der Waals surface area contributed by atoms with Crippen LogP contribution in [0.3, 0.4) is 0 Å². The van der Waals surface area contributed by atoms with Crippen molar-refractivity contribution >= 4 is 62.7 Å². The minimum Gasteiger partial charge on any atom is -0.483 e. The molecule has 0 bridgehead atoms. The minimum atomic E-state index is -0.541. The normalized spacial score (nSPS) is 13.9. The summed E-state index contributed by atoms with van der Waals surface area (Å²) in [6.07, 6.45) is 1.60. The highest BCUT2D eigenvalue weighted by molar-refractivity contribution is 8.18. The van der Waals surface area contributed by atoms with Gasteiger partial charge in [-0.15, -0.1) is 0 Å². The number of anilines is 2. The molecule has 0 aromatic heterocycles. The van der Waals surface area contributed by atoms with Crippen molar-refractivity contribution in [3.05, 3.63) is 111 Å². The molecule has 1 aliphatic rings. The number of ether oxygens (including phenoxy) is 1. The molecular formula is C33H30N4O6S. The van der Waals surface area contributed by atoms with Gasteiger partial charge in [0.2, 0.25) is 0 Å². The van der Waals surface area contributed by atoms with Crippen molar-refractivity contribution in [2.45, 2.75) is 20.4 Å². The summed E-state index contributed by atoms with van der Waals surface area (Å²) in [6, 6.07) is 24.7. The number of amides is 3. The molecule has 0 atom stereocenters. The van der Waals surface area contributed by atoms with Crippen molar-refractivity contribution in [3.8, 4) is 5.75 Å². The molecule has 0 spiro atoms. The highest BCUT2D eigenvalue weighted by Crippen LogP contribution is 2.36. The SMILES string of the molecule is CCN(CC)c1ccc(/C=C2\SC(=O)N(Cc3cccc4ccccc34)C2=O)c(OCC(=O)Nc2cccc([N+](=O)[O-])c2)c1. The summed E-state index contributed by atoms with van der Waals surface area (Å²) in [4.78, 5) is 53.3. The summed E-state index contributed by atoms with van der Waals surface area (Å²) in [5.41, 5.74) is 2.39.